The van der Waals surface area contributed by atoms with Crippen LogP contribution >= 0.6 is 7.75 Å². The van der Waals surface area contributed by atoms with Gasteiger partial charge in [-0.15, -0.1) is 0 Å². The molecule has 0 amide bonds. The monoisotopic (exact) mass is 660 g/mol. The first kappa shape index (κ1) is 33.6. The van der Waals surface area contributed by atoms with Crippen LogP contribution in [0.15, 0.2) is 64.3 Å². The van der Waals surface area contributed by atoms with Crippen molar-refractivity contribution in [3.8, 4) is 5.75 Å². The van der Waals surface area contributed by atoms with E-state index in [1.54, 1.807) is 26.0 Å². The summed E-state index contributed by atoms with van der Waals surface area (Å²) in [4.78, 5) is 38.9. The molecule has 2 aromatic carbocycles. The molecule has 46 heavy (non-hydrogen) atoms. The van der Waals surface area contributed by atoms with E-state index in [0.717, 1.165) is 40.2 Å². The van der Waals surface area contributed by atoms with E-state index in [1.807, 2.05) is 42.2 Å². The molecule has 15 heteroatoms. The van der Waals surface area contributed by atoms with E-state index < -0.39 is 74.2 Å². The summed E-state index contributed by atoms with van der Waals surface area (Å²) in [6.07, 6.45) is -4.48. The average Bonchev–Trinajstić information content (AvgIpc) is 3.26. The molecule has 4 aromatic rings. The smallest absolute Gasteiger partial charge is 0.459 e. The topological polar surface area (TPSA) is 163 Å². The van der Waals surface area contributed by atoms with Crippen LogP contribution in [0.1, 0.15) is 47.3 Å². The maximum Gasteiger partial charge on any atom is 0.459 e. The third-order valence-electron chi connectivity index (χ3n) is 7.80. The Bertz CT molecular complexity index is 1900. The number of aromatic nitrogens is 3. The predicted molar refractivity (Wildman–Crippen MR) is 168 cm³/mol. The van der Waals surface area contributed by atoms with E-state index in [4.69, 9.17) is 18.5 Å². The molecule has 0 spiro atoms. The summed E-state index contributed by atoms with van der Waals surface area (Å²) in [6.45, 7) is 8.03. The van der Waals surface area contributed by atoms with Crippen molar-refractivity contribution in [2.45, 2.75) is 83.8 Å². The number of carbonyl (C=O) groups is 1. The Morgan fingerprint density at radius 3 is 2.59 bits per heavy atom. The lowest BCUT2D eigenvalue weighted by atomic mass is 9.95. The van der Waals surface area contributed by atoms with Gasteiger partial charge in [0.2, 0.25) is 0 Å². The summed E-state index contributed by atoms with van der Waals surface area (Å²) in [5, 5.41) is 15.1. The number of fused-ring (bicyclic) bond motifs is 3. The SMILES string of the molecule is CCn1c2ccccc2c2c(OP(=O)(N[C@@H](C)C(=O)OC(C)C)OC3CO[C@@H](n4ccc(=O)[nH]c4=O)[C@](C)(F)[C@H](O)C3)cccc21. The molecule has 5 rings (SSSR count). The molecule has 3 heterocycles. The fourth-order valence-electron chi connectivity index (χ4n) is 5.62. The molecular weight excluding hydrogens is 622 g/mol. The summed E-state index contributed by atoms with van der Waals surface area (Å²) in [7, 11) is -4.53. The summed E-state index contributed by atoms with van der Waals surface area (Å²) >= 11 is 0. The van der Waals surface area contributed by atoms with E-state index in [0.29, 0.717) is 11.9 Å². The van der Waals surface area contributed by atoms with Crippen LogP contribution < -0.4 is 20.9 Å². The molecule has 1 aliphatic heterocycles. The summed E-state index contributed by atoms with van der Waals surface area (Å²) in [5.74, 6) is -0.515. The number of nitrogens with one attached hydrogen (secondary N) is 2. The molecule has 248 valence electrons. The molecule has 0 saturated carbocycles. The average molecular weight is 661 g/mol. The molecular formula is C31H38FN4O9P. The highest BCUT2D eigenvalue weighted by Gasteiger charge is 2.49. The zero-order valence-electron chi connectivity index (χ0n) is 26.1. The quantitative estimate of drug-likeness (QED) is 0.166. The highest BCUT2D eigenvalue weighted by molar-refractivity contribution is 7.52. The van der Waals surface area contributed by atoms with E-state index >= 15 is 4.39 Å². The normalized spacial score (nSPS) is 24.0. The minimum absolute atomic E-state index is 0.198. The fraction of sp³-hybridized carbons (Fsp3) is 0.452. The lowest BCUT2D eigenvalue weighted by Gasteiger charge is -2.32. The first-order chi connectivity index (χ1) is 21.7. The highest BCUT2D eigenvalue weighted by atomic mass is 31.2. The number of carbonyl (C=O) groups excluding carboxylic acids is 1. The number of hydrogen-bond donors (Lipinski definition) is 3. The number of para-hydroxylation sites is 1. The lowest BCUT2D eigenvalue weighted by Crippen LogP contribution is -2.47. The number of halogens is 1. The molecule has 0 radical (unpaired) electrons. The van der Waals surface area contributed by atoms with Crippen LogP contribution in [0.3, 0.4) is 0 Å². The van der Waals surface area contributed by atoms with Crippen molar-refractivity contribution in [3.05, 3.63) is 75.6 Å². The minimum atomic E-state index is -4.53. The number of nitrogens with zero attached hydrogens (tertiary/aromatic N) is 2. The summed E-state index contributed by atoms with van der Waals surface area (Å²) in [6, 6.07) is 12.8. The molecule has 0 aliphatic carbocycles. The van der Waals surface area contributed by atoms with Crippen molar-refractivity contribution < 1.29 is 37.4 Å². The van der Waals surface area contributed by atoms with Gasteiger partial charge in [-0.1, -0.05) is 24.3 Å². The van der Waals surface area contributed by atoms with Gasteiger partial charge < -0.3 is 23.7 Å². The van der Waals surface area contributed by atoms with Crippen molar-refractivity contribution >= 4 is 35.5 Å². The molecule has 6 atom stereocenters. The second-order valence-corrected chi connectivity index (χ2v) is 13.3. The van der Waals surface area contributed by atoms with E-state index in [9.17, 15) is 24.1 Å². The number of H-pyrrole nitrogens is 1. The van der Waals surface area contributed by atoms with Crippen molar-refractivity contribution in [1.82, 2.24) is 19.2 Å². The number of aryl methyl sites for hydroxylation is 1. The standard InChI is InChI=1S/C31H38FN4O9P/c1-6-35-22-11-8-7-10-21(22)27-23(35)12-9-13-24(27)45-46(41,34-19(4)28(39)43-18(2)3)44-20-16-25(37)31(5,32)29(42-17-20)36-15-14-26(38)33-30(36)40/h7-15,18-20,25,29,37H,6,16-17H2,1-5H3,(H,34,41)(H,33,38,40)/t19-,20?,25+,29+,31+,46?/m0/s1. The van der Waals surface area contributed by atoms with Crippen LogP contribution in [0.5, 0.6) is 5.75 Å². The second-order valence-electron chi connectivity index (χ2n) is 11.7. The molecule has 1 fully saturated rings. The number of benzene rings is 2. The van der Waals surface area contributed by atoms with Gasteiger partial charge in [-0.2, -0.15) is 5.09 Å². The second kappa shape index (κ2) is 13.1. The zero-order chi connectivity index (χ0) is 33.4. The fourth-order valence-corrected chi connectivity index (χ4v) is 7.31. The van der Waals surface area contributed by atoms with Gasteiger partial charge in [-0.3, -0.25) is 23.7 Å². The number of hydrogen-bond acceptors (Lipinski definition) is 9. The van der Waals surface area contributed by atoms with Crippen molar-refractivity contribution in [3.63, 3.8) is 0 Å². The Kier molecular flexibility index (Phi) is 9.57. The number of esters is 1. The molecule has 1 aliphatic rings. The van der Waals surface area contributed by atoms with Crippen molar-refractivity contribution in [2.75, 3.05) is 6.61 Å². The lowest BCUT2D eigenvalue weighted by molar-refractivity contribution is -0.149. The van der Waals surface area contributed by atoms with Crippen molar-refractivity contribution in [1.29, 1.82) is 0 Å². The Labute approximate surface area is 263 Å². The number of ether oxygens (including phenoxy) is 2. The maximum atomic E-state index is 16.0. The van der Waals surface area contributed by atoms with Gasteiger partial charge in [-0.25, -0.2) is 13.8 Å². The maximum absolute atomic E-state index is 16.0. The van der Waals surface area contributed by atoms with Crippen LogP contribution in [0.25, 0.3) is 21.8 Å². The van der Waals surface area contributed by atoms with Gasteiger partial charge in [0, 0.05) is 36.1 Å². The van der Waals surface area contributed by atoms with Crippen molar-refractivity contribution in [2.24, 2.45) is 0 Å². The Hall–Kier alpha value is -3.81. The molecule has 2 unspecified atom stereocenters. The summed E-state index contributed by atoms with van der Waals surface area (Å²) in [5.41, 5.74) is -2.43. The zero-order valence-corrected chi connectivity index (χ0v) is 27.0. The van der Waals surface area contributed by atoms with Gasteiger partial charge in [0.1, 0.15) is 11.8 Å². The summed E-state index contributed by atoms with van der Waals surface area (Å²) < 4.78 is 56.7. The third kappa shape index (κ3) is 6.67. The Morgan fingerprint density at radius 1 is 1.17 bits per heavy atom. The van der Waals surface area contributed by atoms with E-state index in [-0.39, 0.29) is 5.75 Å². The van der Waals surface area contributed by atoms with Gasteiger partial charge in [-0.05, 0) is 52.8 Å². The van der Waals surface area contributed by atoms with Crippen LogP contribution in [0, 0.1) is 0 Å². The van der Waals surface area contributed by atoms with E-state index in [2.05, 4.69) is 9.65 Å². The largest absolute Gasteiger partial charge is 0.462 e. The molecule has 3 N–H and O–H groups in total. The third-order valence-corrected chi connectivity index (χ3v) is 9.52. The Balaban J connectivity index is 1.52. The van der Waals surface area contributed by atoms with Crippen LogP contribution in [-0.2, 0) is 29.9 Å². The first-order valence-corrected chi connectivity index (χ1v) is 16.5. The van der Waals surface area contributed by atoms with Crippen LogP contribution in [0.4, 0.5) is 4.39 Å². The first-order valence-electron chi connectivity index (χ1n) is 15.0. The van der Waals surface area contributed by atoms with Gasteiger partial charge >= 0.3 is 19.4 Å². The van der Waals surface area contributed by atoms with Gasteiger partial charge in [0.05, 0.1) is 35.8 Å². The molecule has 1 saturated heterocycles. The molecule has 0 bridgehead atoms. The number of aliphatic hydroxyl groups is 1. The number of alkyl halides is 1. The van der Waals surface area contributed by atoms with Gasteiger partial charge in [0.15, 0.2) is 11.9 Å². The molecule has 2 aromatic heterocycles. The van der Waals surface area contributed by atoms with Crippen LogP contribution in [0.2, 0.25) is 0 Å². The number of aromatic amines is 1. The highest BCUT2D eigenvalue weighted by Crippen LogP contribution is 2.50. The Morgan fingerprint density at radius 2 is 1.89 bits per heavy atom. The van der Waals surface area contributed by atoms with E-state index in [1.165, 1.54) is 6.92 Å². The predicted octanol–water partition coefficient (Wildman–Crippen LogP) is 4.17. The van der Waals surface area contributed by atoms with Crippen LogP contribution in [-0.4, -0.2) is 61.8 Å². The number of aliphatic hydroxyl groups excluding tert-OH is 1. The minimum Gasteiger partial charge on any atom is -0.462 e. The number of rotatable bonds is 10. The molecule has 13 nitrogen and oxygen atoms in total. The van der Waals surface area contributed by atoms with Gasteiger partial charge in [0.25, 0.3) is 5.56 Å².